The molecule has 1 aromatic carbocycles. The zero-order valence-corrected chi connectivity index (χ0v) is 13.8. The molecule has 0 bridgehead atoms. The van der Waals surface area contributed by atoms with Gasteiger partial charge in [-0.3, -0.25) is 0 Å². The van der Waals surface area contributed by atoms with Crippen LogP contribution in [0.1, 0.15) is 0 Å². The van der Waals surface area contributed by atoms with Crippen molar-refractivity contribution in [2.75, 3.05) is 20.8 Å². The van der Waals surface area contributed by atoms with Gasteiger partial charge in [0.2, 0.25) is 0 Å². The number of hydrogen-bond acceptors (Lipinski definition) is 7. The summed E-state index contributed by atoms with van der Waals surface area (Å²) < 4.78 is 14.8. The summed E-state index contributed by atoms with van der Waals surface area (Å²) >= 11 is 5.84. The molecule has 2 aromatic rings. The average molecular weight is 358 g/mol. The van der Waals surface area contributed by atoms with Crippen LogP contribution in [-0.4, -0.2) is 37.1 Å². The molecule has 0 aliphatic heterocycles. The molecule has 9 heteroatoms. The molecule has 1 atom stereocenters. The molecular formula is C14H12ClNO6S. The van der Waals surface area contributed by atoms with E-state index in [9.17, 15) is 14.7 Å². The van der Waals surface area contributed by atoms with Crippen molar-refractivity contribution in [1.82, 2.24) is 4.98 Å². The summed E-state index contributed by atoms with van der Waals surface area (Å²) in [6, 6.07) is 6.61. The molecule has 1 heterocycles. The Morgan fingerprint density at radius 1 is 1.26 bits per heavy atom. The van der Waals surface area contributed by atoms with Gasteiger partial charge in [-0.25, -0.2) is 4.79 Å². The first kappa shape index (κ1) is 17.0. The van der Waals surface area contributed by atoms with E-state index in [1.165, 1.54) is 14.2 Å². The zero-order chi connectivity index (χ0) is 17.0. The maximum absolute atomic E-state index is 11.4. The Labute approximate surface area is 139 Å². The maximum Gasteiger partial charge on any atom is 0.446 e. The molecule has 1 unspecified atom stereocenters. The third-order valence-corrected chi connectivity index (χ3v) is 4.64. The number of carbonyl (C=O) groups is 2. The van der Waals surface area contributed by atoms with Crippen molar-refractivity contribution in [2.24, 2.45) is 0 Å². The number of carbonyl (C=O) groups excluding carboxylic acids is 2. The second kappa shape index (κ2) is 7.30. The standard InChI is InChI=1S/C14H12ClNO6S/c1-20-10(17)7-22-13-16-11(8-3-5-9(15)6-4-8)12(21-2)23(13)14(18)19/h3-6H,7H2,1-2H3. The van der Waals surface area contributed by atoms with Crippen molar-refractivity contribution in [3.05, 3.63) is 29.3 Å². The van der Waals surface area contributed by atoms with E-state index in [1.807, 2.05) is 0 Å². The molecule has 0 aliphatic carbocycles. The number of ether oxygens (including phenoxy) is 3. The first-order valence-corrected chi connectivity index (χ1v) is 7.86. The van der Waals surface area contributed by atoms with Crippen molar-refractivity contribution < 1.29 is 28.9 Å². The summed E-state index contributed by atoms with van der Waals surface area (Å²) in [5.74, 6) is -0.659. The molecule has 23 heavy (non-hydrogen) atoms. The zero-order valence-electron chi connectivity index (χ0n) is 12.2. The van der Waals surface area contributed by atoms with Gasteiger partial charge in [0, 0.05) is 10.6 Å². The van der Waals surface area contributed by atoms with Crippen LogP contribution in [0.15, 0.2) is 24.3 Å². The normalized spacial score (nSPS) is 11.0. The van der Waals surface area contributed by atoms with Crippen molar-refractivity contribution in [3.8, 4) is 21.5 Å². The van der Waals surface area contributed by atoms with Crippen LogP contribution in [0.2, 0.25) is 5.02 Å². The average Bonchev–Trinajstić information content (AvgIpc) is 2.92. The number of aromatic nitrogens is 1. The number of esters is 1. The molecule has 122 valence electrons. The third kappa shape index (κ3) is 3.72. The molecule has 0 spiro atoms. The van der Waals surface area contributed by atoms with Crippen LogP contribution in [-0.2, 0) is 9.53 Å². The summed E-state index contributed by atoms with van der Waals surface area (Å²) in [5.41, 5.74) is 0.887. The fourth-order valence-electron chi connectivity index (χ4n) is 1.75. The van der Waals surface area contributed by atoms with Crippen molar-refractivity contribution in [2.45, 2.75) is 0 Å². The van der Waals surface area contributed by atoms with E-state index in [0.29, 0.717) is 10.6 Å². The number of halogens is 1. The number of hydrogen-bond donors (Lipinski definition) is 0. The predicted octanol–water partition coefficient (Wildman–Crippen LogP) is 1.90. The minimum absolute atomic E-state index is 0.0900. The Bertz CT molecular complexity index is 728. The summed E-state index contributed by atoms with van der Waals surface area (Å²) in [4.78, 5) is 26.7. The van der Waals surface area contributed by atoms with E-state index in [0.717, 1.165) is 0 Å². The Morgan fingerprint density at radius 2 is 1.91 bits per heavy atom. The van der Waals surface area contributed by atoms with Crippen LogP contribution < -0.4 is 14.6 Å². The van der Waals surface area contributed by atoms with Gasteiger partial charge in [-0.1, -0.05) is 23.7 Å². The maximum atomic E-state index is 11.4. The molecule has 0 N–H and O–H groups in total. The van der Waals surface area contributed by atoms with Crippen LogP contribution >= 0.6 is 22.1 Å². The lowest BCUT2D eigenvalue weighted by atomic mass is 10.2. The lowest BCUT2D eigenvalue weighted by Crippen LogP contribution is -2.18. The molecule has 0 amide bonds. The Kier molecular flexibility index (Phi) is 5.41. The highest BCUT2D eigenvalue weighted by Crippen LogP contribution is 2.48. The van der Waals surface area contributed by atoms with Crippen LogP contribution in [0.5, 0.6) is 10.3 Å². The Balaban J connectivity index is 2.48. The number of benzene rings is 1. The smallest absolute Gasteiger partial charge is 0.446 e. The number of nitrogens with zero attached hydrogens (tertiary/aromatic N) is 1. The molecule has 0 saturated carbocycles. The molecule has 0 radical (unpaired) electrons. The highest BCUT2D eigenvalue weighted by Gasteiger charge is 2.34. The molecule has 0 saturated heterocycles. The van der Waals surface area contributed by atoms with Gasteiger partial charge in [-0.15, -0.1) is 0 Å². The van der Waals surface area contributed by atoms with Crippen molar-refractivity contribution in [1.29, 1.82) is 0 Å². The molecule has 0 fully saturated rings. The monoisotopic (exact) mass is 357 g/mol. The lowest BCUT2D eigenvalue weighted by Gasteiger charge is -1.99. The highest BCUT2D eigenvalue weighted by molar-refractivity contribution is 7.53. The van der Waals surface area contributed by atoms with Gasteiger partial charge < -0.3 is 24.1 Å². The van der Waals surface area contributed by atoms with Crippen molar-refractivity contribution in [3.63, 3.8) is 0 Å². The SMILES string of the molecule is COC(=O)COc1nc(-c2ccc(Cl)cc2)c(OC)[s+]1C(=O)[O-]. The predicted molar refractivity (Wildman–Crippen MR) is 82.0 cm³/mol. The topological polar surface area (TPSA) is 97.8 Å². The van der Waals surface area contributed by atoms with Crippen LogP contribution in [0.3, 0.4) is 0 Å². The first-order valence-electron chi connectivity index (χ1n) is 6.25. The number of methoxy groups -OCH3 is 2. The third-order valence-electron chi connectivity index (χ3n) is 2.77. The van der Waals surface area contributed by atoms with Crippen molar-refractivity contribution >= 4 is 33.3 Å². The van der Waals surface area contributed by atoms with Crippen LogP contribution in [0.4, 0.5) is 4.79 Å². The van der Waals surface area contributed by atoms with Gasteiger partial charge in [-0.05, 0) is 12.1 Å². The first-order chi connectivity index (χ1) is 11.0. The largest absolute Gasteiger partial charge is 0.500 e. The second-order valence-electron chi connectivity index (χ2n) is 4.15. The van der Waals surface area contributed by atoms with E-state index < -0.39 is 28.3 Å². The highest BCUT2D eigenvalue weighted by atomic mass is 35.5. The molecular weight excluding hydrogens is 346 g/mol. The van der Waals surface area contributed by atoms with E-state index in [4.69, 9.17) is 21.1 Å². The summed E-state index contributed by atoms with van der Waals surface area (Å²) in [6.07, 6.45) is 0. The van der Waals surface area contributed by atoms with E-state index in [1.54, 1.807) is 24.3 Å². The quantitative estimate of drug-likeness (QED) is 0.575. The van der Waals surface area contributed by atoms with E-state index in [-0.39, 0.29) is 16.0 Å². The minimum atomic E-state index is -1.66. The van der Waals surface area contributed by atoms with Crippen LogP contribution in [0.25, 0.3) is 11.3 Å². The van der Waals surface area contributed by atoms with Gasteiger partial charge in [0.1, 0.15) is 10.5 Å². The van der Waals surface area contributed by atoms with Gasteiger partial charge >= 0.3 is 21.5 Å². The second-order valence-corrected chi connectivity index (χ2v) is 6.25. The lowest BCUT2D eigenvalue weighted by molar-refractivity contribution is -0.233. The Hall–Kier alpha value is -2.32. The number of carboxylic acid groups (broad SMARTS) is 1. The number of thiazole rings is 1. The van der Waals surface area contributed by atoms with E-state index in [2.05, 4.69) is 9.72 Å². The minimum Gasteiger partial charge on any atom is -0.500 e. The van der Waals surface area contributed by atoms with Crippen LogP contribution in [0, 0.1) is 0 Å². The Morgan fingerprint density at radius 3 is 2.43 bits per heavy atom. The van der Waals surface area contributed by atoms with Gasteiger partial charge in [0.05, 0.1) is 14.2 Å². The van der Waals surface area contributed by atoms with Gasteiger partial charge in [0.25, 0.3) is 0 Å². The van der Waals surface area contributed by atoms with E-state index >= 15 is 0 Å². The number of rotatable bonds is 6. The van der Waals surface area contributed by atoms with Gasteiger partial charge in [-0.2, -0.15) is 4.98 Å². The summed E-state index contributed by atoms with van der Waals surface area (Å²) in [5, 5.41) is 10.4. The molecule has 7 nitrogen and oxygen atoms in total. The molecule has 0 aliphatic rings. The van der Waals surface area contributed by atoms with Gasteiger partial charge in [0.15, 0.2) is 12.3 Å². The summed E-state index contributed by atoms with van der Waals surface area (Å²) in [6.45, 7) is -0.461. The fraction of sp³-hybridized carbons (Fsp3) is 0.214. The fourth-order valence-corrected chi connectivity index (χ4v) is 3.21. The molecule has 1 aromatic heterocycles. The summed E-state index contributed by atoms with van der Waals surface area (Å²) in [7, 11) is 0.860. The molecule has 2 rings (SSSR count).